The van der Waals surface area contributed by atoms with Crippen LogP contribution >= 0.6 is 23.4 Å². The average molecular weight is 411 g/mol. The molecule has 1 heterocycles. The molecule has 28 heavy (non-hydrogen) atoms. The number of thioether (sulfide) groups is 1. The van der Waals surface area contributed by atoms with Crippen LogP contribution in [0.2, 0.25) is 5.02 Å². The first kappa shape index (κ1) is 19.7. The highest BCUT2D eigenvalue weighted by atomic mass is 35.5. The first-order valence-electron chi connectivity index (χ1n) is 8.26. The van der Waals surface area contributed by atoms with Gasteiger partial charge in [0, 0.05) is 16.3 Å². The van der Waals surface area contributed by atoms with E-state index in [0.717, 1.165) is 17.3 Å². The van der Waals surface area contributed by atoms with E-state index >= 15 is 0 Å². The van der Waals surface area contributed by atoms with Crippen LogP contribution in [0.3, 0.4) is 0 Å². The minimum absolute atomic E-state index is 0.0583. The smallest absolute Gasteiger partial charge is 0.270 e. The van der Waals surface area contributed by atoms with Crippen molar-refractivity contribution in [3.05, 3.63) is 75.0 Å². The molecule has 0 aliphatic rings. The fraction of sp³-hybridized carbons (Fsp3) is 0.100. The van der Waals surface area contributed by atoms with Crippen LogP contribution < -0.4 is 10.9 Å². The Bertz CT molecular complexity index is 1100. The van der Waals surface area contributed by atoms with Gasteiger partial charge in [-0.05, 0) is 31.2 Å². The third kappa shape index (κ3) is 4.80. The van der Waals surface area contributed by atoms with Crippen molar-refractivity contribution >= 4 is 35.0 Å². The van der Waals surface area contributed by atoms with E-state index in [-0.39, 0.29) is 28.1 Å². The molecule has 2 N–H and O–H groups in total. The van der Waals surface area contributed by atoms with Crippen molar-refractivity contribution in [3.8, 4) is 17.3 Å². The minimum atomic E-state index is -0.552. The lowest BCUT2D eigenvalue weighted by Gasteiger charge is -2.07. The third-order valence-corrected chi connectivity index (χ3v) is 4.93. The van der Waals surface area contributed by atoms with Gasteiger partial charge in [0.25, 0.3) is 5.56 Å². The molecule has 0 radical (unpaired) electrons. The average Bonchev–Trinajstić information content (AvgIpc) is 2.68. The Balaban J connectivity index is 1.78. The van der Waals surface area contributed by atoms with Crippen molar-refractivity contribution < 1.29 is 4.79 Å². The maximum absolute atomic E-state index is 12.2. The number of aryl methyl sites for hydroxylation is 1. The van der Waals surface area contributed by atoms with Crippen molar-refractivity contribution in [2.24, 2.45) is 0 Å². The van der Waals surface area contributed by atoms with Crippen LogP contribution in [0.5, 0.6) is 0 Å². The molecule has 0 aliphatic heterocycles. The van der Waals surface area contributed by atoms with Gasteiger partial charge in [0.15, 0.2) is 5.16 Å². The van der Waals surface area contributed by atoms with E-state index in [4.69, 9.17) is 11.6 Å². The Morgan fingerprint density at radius 1 is 1.21 bits per heavy atom. The van der Waals surface area contributed by atoms with E-state index in [9.17, 15) is 14.9 Å². The van der Waals surface area contributed by atoms with E-state index in [1.807, 2.05) is 37.3 Å². The number of nitriles is 1. The van der Waals surface area contributed by atoms with Crippen LogP contribution in [0.1, 0.15) is 11.1 Å². The van der Waals surface area contributed by atoms with Crippen molar-refractivity contribution in [1.29, 1.82) is 5.26 Å². The molecule has 1 aromatic heterocycles. The lowest BCUT2D eigenvalue weighted by Crippen LogP contribution is -2.17. The molecule has 8 heteroatoms. The first-order valence-corrected chi connectivity index (χ1v) is 9.62. The zero-order chi connectivity index (χ0) is 20.1. The topological polar surface area (TPSA) is 98.6 Å². The minimum Gasteiger partial charge on any atom is -0.325 e. The number of rotatable bonds is 5. The quantitative estimate of drug-likeness (QED) is 0.489. The number of halogens is 1. The first-order chi connectivity index (χ1) is 13.5. The molecule has 0 saturated heterocycles. The molecular weight excluding hydrogens is 396 g/mol. The molecule has 0 saturated carbocycles. The summed E-state index contributed by atoms with van der Waals surface area (Å²) in [4.78, 5) is 31.3. The van der Waals surface area contributed by atoms with Gasteiger partial charge in [0.2, 0.25) is 5.91 Å². The van der Waals surface area contributed by atoms with Gasteiger partial charge in [-0.25, -0.2) is 4.98 Å². The van der Waals surface area contributed by atoms with Crippen molar-refractivity contribution in [2.45, 2.75) is 12.1 Å². The van der Waals surface area contributed by atoms with Crippen LogP contribution in [0.25, 0.3) is 11.3 Å². The fourth-order valence-electron chi connectivity index (χ4n) is 2.41. The molecule has 0 spiro atoms. The molecule has 1 amide bonds. The van der Waals surface area contributed by atoms with Gasteiger partial charge in [-0.3, -0.25) is 9.59 Å². The Morgan fingerprint density at radius 2 is 1.89 bits per heavy atom. The number of nitrogens with zero attached hydrogens (tertiary/aromatic N) is 2. The summed E-state index contributed by atoms with van der Waals surface area (Å²) in [5.74, 6) is -0.170. The van der Waals surface area contributed by atoms with E-state index < -0.39 is 5.56 Å². The van der Waals surface area contributed by atoms with E-state index in [0.29, 0.717) is 16.3 Å². The van der Waals surface area contributed by atoms with E-state index in [1.165, 1.54) is 0 Å². The van der Waals surface area contributed by atoms with Crippen molar-refractivity contribution in [2.75, 3.05) is 11.1 Å². The van der Waals surface area contributed by atoms with Gasteiger partial charge in [-0.1, -0.05) is 53.2 Å². The van der Waals surface area contributed by atoms with Gasteiger partial charge in [0.05, 0.1) is 11.4 Å². The number of H-pyrrole nitrogens is 1. The summed E-state index contributed by atoms with van der Waals surface area (Å²) in [6, 6.07) is 16.0. The molecule has 0 bridgehead atoms. The Kier molecular flexibility index (Phi) is 6.14. The van der Waals surface area contributed by atoms with Gasteiger partial charge in [0.1, 0.15) is 11.6 Å². The number of hydrogen-bond donors (Lipinski definition) is 2. The standard InChI is InChI=1S/C20H15ClN4O2S/c1-12-2-8-15(9-3-12)23-17(26)11-28-20-24-18(16(10-22)19(27)25-20)13-4-6-14(21)7-5-13/h2-9H,11H2,1H3,(H,23,26)(H,24,25,27). The number of nitrogens with one attached hydrogen (secondary N) is 2. The van der Waals surface area contributed by atoms with Crippen LogP contribution in [0.15, 0.2) is 58.5 Å². The second kappa shape index (κ2) is 8.74. The lowest BCUT2D eigenvalue weighted by atomic mass is 10.1. The highest BCUT2D eigenvalue weighted by Crippen LogP contribution is 2.23. The maximum Gasteiger partial charge on any atom is 0.270 e. The third-order valence-electron chi connectivity index (χ3n) is 3.80. The fourth-order valence-corrected chi connectivity index (χ4v) is 3.20. The highest BCUT2D eigenvalue weighted by molar-refractivity contribution is 7.99. The number of benzene rings is 2. The van der Waals surface area contributed by atoms with Crippen LogP contribution in [0, 0.1) is 18.3 Å². The van der Waals surface area contributed by atoms with Gasteiger partial charge in [-0.2, -0.15) is 5.26 Å². The van der Waals surface area contributed by atoms with E-state index in [1.54, 1.807) is 24.3 Å². The second-order valence-electron chi connectivity index (χ2n) is 5.92. The molecule has 0 aliphatic carbocycles. The van der Waals surface area contributed by atoms with E-state index in [2.05, 4.69) is 15.3 Å². The Morgan fingerprint density at radius 3 is 2.54 bits per heavy atom. The SMILES string of the molecule is Cc1ccc(NC(=O)CSc2nc(-c3ccc(Cl)cc3)c(C#N)c(=O)[nH]2)cc1. The van der Waals surface area contributed by atoms with Crippen LogP contribution in [-0.2, 0) is 4.79 Å². The maximum atomic E-state index is 12.2. The summed E-state index contributed by atoms with van der Waals surface area (Å²) in [6.07, 6.45) is 0. The van der Waals surface area contributed by atoms with Crippen LogP contribution in [0.4, 0.5) is 5.69 Å². The number of aromatic nitrogens is 2. The normalized spacial score (nSPS) is 10.3. The molecule has 6 nitrogen and oxygen atoms in total. The monoisotopic (exact) mass is 410 g/mol. The second-order valence-corrected chi connectivity index (χ2v) is 7.32. The largest absolute Gasteiger partial charge is 0.325 e. The Labute approximate surface area is 170 Å². The zero-order valence-electron chi connectivity index (χ0n) is 14.8. The van der Waals surface area contributed by atoms with Gasteiger partial charge in [-0.15, -0.1) is 0 Å². The highest BCUT2D eigenvalue weighted by Gasteiger charge is 2.14. The summed E-state index contributed by atoms with van der Waals surface area (Å²) in [5, 5.41) is 12.9. The lowest BCUT2D eigenvalue weighted by molar-refractivity contribution is -0.113. The number of carbonyl (C=O) groups excluding carboxylic acids is 1. The van der Waals surface area contributed by atoms with Gasteiger partial charge >= 0.3 is 0 Å². The van der Waals surface area contributed by atoms with Gasteiger partial charge < -0.3 is 10.3 Å². The molecule has 0 atom stereocenters. The number of aromatic amines is 1. The zero-order valence-corrected chi connectivity index (χ0v) is 16.4. The number of hydrogen-bond acceptors (Lipinski definition) is 5. The summed E-state index contributed by atoms with van der Waals surface area (Å²) >= 11 is 6.98. The Hall–Kier alpha value is -3.08. The molecule has 0 unspecified atom stereocenters. The predicted octanol–water partition coefficient (Wildman–Crippen LogP) is 4.00. The molecule has 0 fully saturated rings. The number of amides is 1. The molecule has 3 rings (SSSR count). The predicted molar refractivity (Wildman–Crippen MR) is 111 cm³/mol. The van der Waals surface area contributed by atoms with Crippen molar-refractivity contribution in [1.82, 2.24) is 9.97 Å². The molecule has 2 aromatic carbocycles. The molecule has 140 valence electrons. The summed E-state index contributed by atoms with van der Waals surface area (Å²) < 4.78 is 0. The summed E-state index contributed by atoms with van der Waals surface area (Å²) in [6.45, 7) is 1.96. The number of anilines is 1. The summed E-state index contributed by atoms with van der Waals surface area (Å²) in [5.41, 5.74) is 2.00. The van der Waals surface area contributed by atoms with Crippen molar-refractivity contribution in [3.63, 3.8) is 0 Å². The molecular formula is C20H15ClN4O2S. The number of carbonyl (C=O) groups is 1. The van der Waals surface area contributed by atoms with Crippen LogP contribution in [-0.4, -0.2) is 21.6 Å². The summed E-state index contributed by atoms with van der Waals surface area (Å²) in [7, 11) is 0. The molecule has 3 aromatic rings.